The predicted octanol–water partition coefficient (Wildman–Crippen LogP) is 6.03. The molecule has 2 aromatic carbocycles. The van der Waals surface area contributed by atoms with E-state index < -0.39 is 0 Å². The van der Waals surface area contributed by atoms with Crippen LogP contribution in [0.25, 0.3) is 11.3 Å². The van der Waals surface area contributed by atoms with Gasteiger partial charge in [-0.2, -0.15) is 0 Å². The van der Waals surface area contributed by atoms with Crippen LogP contribution >= 0.6 is 0 Å². The van der Waals surface area contributed by atoms with Crippen molar-refractivity contribution in [3.63, 3.8) is 0 Å². The summed E-state index contributed by atoms with van der Waals surface area (Å²) in [6.45, 7) is 7.37. The zero-order chi connectivity index (χ0) is 23.9. The lowest BCUT2D eigenvalue weighted by molar-refractivity contribution is 0.0735. The number of carbonyl (C=O) groups excluding carboxylic acids is 1. The molecular formula is C28H35N3O3. The Labute approximate surface area is 202 Å². The summed E-state index contributed by atoms with van der Waals surface area (Å²) < 4.78 is 11.3. The van der Waals surface area contributed by atoms with Gasteiger partial charge in [0.2, 0.25) is 5.88 Å². The molecule has 0 unspecified atom stereocenters. The van der Waals surface area contributed by atoms with Gasteiger partial charge in [0.1, 0.15) is 11.4 Å². The number of carbonyl (C=O) groups is 1. The molecular weight excluding hydrogens is 426 g/mol. The number of rotatable bonds is 9. The van der Waals surface area contributed by atoms with E-state index in [4.69, 9.17) is 9.26 Å². The van der Waals surface area contributed by atoms with Crippen LogP contribution in [0.1, 0.15) is 55.5 Å². The first-order chi connectivity index (χ1) is 16.6. The molecule has 2 heterocycles. The molecule has 0 radical (unpaired) electrons. The molecule has 1 saturated heterocycles. The molecule has 1 aliphatic heterocycles. The average molecular weight is 462 g/mol. The SMILES string of the molecule is COc1cccc(C(=O)N(CCC(C)C)Cc2c(-c3ccccc3)noc2N2CCCCC2)c1. The second-order valence-electron chi connectivity index (χ2n) is 9.37. The second-order valence-corrected chi connectivity index (χ2v) is 9.37. The number of amides is 1. The first-order valence-corrected chi connectivity index (χ1v) is 12.3. The summed E-state index contributed by atoms with van der Waals surface area (Å²) in [5.41, 5.74) is 3.42. The fourth-order valence-electron chi connectivity index (χ4n) is 4.41. The van der Waals surface area contributed by atoms with E-state index in [9.17, 15) is 4.79 Å². The summed E-state index contributed by atoms with van der Waals surface area (Å²) in [6, 6.07) is 17.5. The molecule has 0 aliphatic carbocycles. The normalized spacial score (nSPS) is 13.8. The zero-order valence-electron chi connectivity index (χ0n) is 20.5. The second kappa shape index (κ2) is 11.2. The molecule has 1 aromatic heterocycles. The maximum atomic E-state index is 13.7. The number of hydrogen-bond donors (Lipinski definition) is 0. The Bertz CT molecular complexity index is 1070. The number of methoxy groups -OCH3 is 1. The van der Waals surface area contributed by atoms with Gasteiger partial charge in [-0.25, -0.2) is 0 Å². The largest absolute Gasteiger partial charge is 0.497 e. The third-order valence-corrected chi connectivity index (χ3v) is 6.39. The quantitative estimate of drug-likeness (QED) is 0.389. The number of hydrogen-bond acceptors (Lipinski definition) is 5. The molecule has 1 aliphatic rings. The molecule has 0 N–H and O–H groups in total. The Hall–Kier alpha value is -3.28. The Morgan fingerprint density at radius 1 is 1.09 bits per heavy atom. The predicted molar refractivity (Wildman–Crippen MR) is 135 cm³/mol. The van der Waals surface area contributed by atoms with E-state index >= 15 is 0 Å². The number of anilines is 1. The van der Waals surface area contributed by atoms with E-state index in [0.717, 1.165) is 55.1 Å². The van der Waals surface area contributed by atoms with Crippen molar-refractivity contribution >= 4 is 11.8 Å². The van der Waals surface area contributed by atoms with Gasteiger partial charge in [0, 0.05) is 30.8 Å². The minimum atomic E-state index is -0.00986. The lowest BCUT2D eigenvalue weighted by Gasteiger charge is -2.29. The van der Waals surface area contributed by atoms with Crippen LogP contribution in [0.15, 0.2) is 59.1 Å². The lowest BCUT2D eigenvalue weighted by atomic mass is 10.0. The smallest absolute Gasteiger partial charge is 0.254 e. The number of ether oxygens (including phenoxy) is 1. The molecule has 0 saturated carbocycles. The fraction of sp³-hybridized carbons (Fsp3) is 0.429. The van der Waals surface area contributed by atoms with E-state index in [0.29, 0.717) is 30.3 Å². The molecule has 0 bridgehead atoms. The molecule has 6 heteroatoms. The van der Waals surface area contributed by atoms with Gasteiger partial charge in [-0.3, -0.25) is 4.79 Å². The van der Waals surface area contributed by atoms with Crippen LogP contribution < -0.4 is 9.64 Å². The van der Waals surface area contributed by atoms with Crippen molar-refractivity contribution in [3.05, 3.63) is 65.7 Å². The summed E-state index contributed by atoms with van der Waals surface area (Å²) in [5, 5.41) is 4.49. The number of piperidine rings is 1. The molecule has 6 nitrogen and oxygen atoms in total. The highest BCUT2D eigenvalue weighted by atomic mass is 16.5. The highest BCUT2D eigenvalue weighted by molar-refractivity contribution is 5.94. The Morgan fingerprint density at radius 2 is 1.85 bits per heavy atom. The van der Waals surface area contributed by atoms with Gasteiger partial charge in [-0.15, -0.1) is 0 Å². The van der Waals surface area contributed by atoms with E-state index in [-0.39, 0.29) is 5.91 Å². The topological polar surface area (TPSA) is 58.8 Å². The van der Waals surface area contributed by atoms with Crippen LogP contribution in [0.2, 0.25) is 0 Å². The van der Waals surface area contributed by atoms with Crippen LogP contribution in [-0.4, -0.2) is 42.7 Å². The molecule has 3 aromatic rings. The van der Waals surface area contributed by atoms with Gasteiger partial charge in [0.05, 0.1) is 19.2 Å². The summed E-state index contributed by atoms with van der Waals surface area (Å²) in [7, 11) is 1.62. The Morgan fingerprint density at radius 3 is 2.56 bits per heavy atom. The standard InChI is InChI=1S/C28H35N3O3/c1-21(2)15-18-31(27(32)23-13-10-14-24(19-23)33-3)20-25-26(22-11-6-4-7-12-22)29-34-28(25)30-16-8-5-9-17-30/h4,6-7,10-14,19,21H,5,8-9,15-18,20H2,1-3H3. The van der Waals surface area contributed by atoms with E-state index in [1.165, 1.54) is 6.42 Å². The van der Waals surface area contributed by atoms with Crippen LogP contribution in [0.4, 0.5) is 5.88 Å². The van der Waals surface area contributed by atoms with Crippen LogP contribution in [0, 0.1) is 5.92 Å². The first-order valence-electron chi connectivity index (χ1n) is 12.3. The fourth-order valence-corrected chi connectivity index (χ4v) is 4.41. The molecule has 1 fully saturated rings. The summed E-state index contributed by atoms with van der Waals surface area (Å²) in [5.74, 6) is 1.95. The van der Waals surface area contributed by atoms with Crippen LogP contribution in [-0.2, 0) is 6.54 Å². The van der Waals surface area contributed by atoms with Crippen molar-refractivity contribution in [2.75, 3.05) is 31.6 Å². The average Bonchev–Trinajstić information content (AvgIpc) is 3.30. The number of benzene rings is 2. The summed E-state index contributed by atoms with van der Waals surface area (Å²) in [4.78, 5) is 17.9. The van der Waals surface area contributed by atoms with Gasteiger partial charge in [-0.05, 0) is 49.8 Å². The van der Waals surface area contributed by atoms with Gasteiger partial charge in [0.15, 0.2) is 0 Å². The van der Waals surface area contributed by atoms with Crippen LogP contribution in [0.3, 0.4) is 0 Å². The van der Waals surface area contributed by atoms with Gasteiger partial charge in [-0.1, -0.05) is 55.4 Å². The zero-order valence-corrected chi connectivity index (χ0v) is 20.5. The van der Waals surface area contributed by atoms with E-state index in [1.54, 1.807) is 7.11 Å². The summed E-state index contributed by atoms with van der Waals surface area (Å²) in [6.07, 6.45) is 4.43. The molecule has 1 amide bonds. The van der Waals surface area contributed by atoms with Gasteiger partial charge >= 0.3 is 0 Å². The van der Waals surface area contributed by atoms with Crippen molar-refractivity contribution < 1.29 is 14.1 Å². The Kier molecular flexibility index (Phi) is 7.88. The van der Waals surface area contributed by atoms with Crippen molar-refractivity contribution in [3.8, 4) is 17.0 Å². The molecule has 4 rings (SSSR count). The van der Waals surface area contributed by atoms with E-state index in [1.807, 2.05) is 59.5 Å². The number of nitrogens with zero attached hydrogens (tertiary/aromatic N) is 3. The van der Waals surface area contributed by atoms with Crippen molar-refractivity contribution in [2.45, 2.75) is 46.1 Å². The lowest BCUT2D eigenvalue weighted by Crippen LogP contribution is -2.34. The van der Waals surface area contributed by atoms with Gasteiger partial charge < -0.3 is 19.1 Å². The van der Waals surface area contributed by atoms with Crippen molar-refractivity contribution in [1.29, 1.82) is 0 Å². The van der Waals surface area contributed by atoms with Crippen LogP contribution in [0.5, 0.6) is 5.75 Å². The molecule has 180 valence electrons. The third-order valence-electron chi connectivity index (χ3n) is 6.39. The van der Waals surface area contributed by atoms with Gasteiger partial charge in [0.25, 0.3) is 5.91 Å². The monoisotopic (exact) mass is 461 g/mol. The van der Waals surface area contributed by atoms with Crippen molar-refractivity contribution in [1.82, 2.24) is 10.1 Å². The van der Waals surface area contributed by atoms with E-state index in [2.05, 4.69) is 23.9 Å². The summed E-state index contributed by atoms with van der Waals surface area (Å²) >= 11 is 0. The molecule has 0 spiro atoms. The minimum Gasteiger partial charge on any atom is -0.497 e. The molecule has 0 atom stereocenters. The third kappa shape index (κ3) is 5.61. The highest BCUT2D eigenvalue weighted by Gasteiger charge is 2.27. The Balaban J connectivity index is 1.71. The highest BCUT2D eigenvalue weighted by Crippen LogP contribution is 2.34. The maximum absolute atomic E-state index is 13.7. The maximum Gasteiger partial charge on any atom is 0.254 e. The number of aromatic nitrogens is 1. The minimum absolute atomic E-state index is 0.00986. The van der Waals surface area contributed by atoms with Crippen molar-refractivity contribution in [2.24, 2.45) is 5.92 Å². The molecule has 34 heavy (non-hydrogen) atoms. The first kappa shape index (κ1) is 23.9.